The average Bonchev–Trinajstić information content (AvgIpc) is 2.94. The number of benzene rings is 1. The molecule has 8 heteroatoms. The van der Waals surface area contributed by atoms with Crippen molar-refractivity contribution in [3.8, 4) is 5.69 Å². The number of rotatable bonds is 6. The van der Waals surface area contributed by atoms with Gasteiger partial charge < -0.3 is 10.4 Å². The number of hydrogen-bond acceptors (Lipinski definition) is 4. The van der Waals surface area contributed by atoms with Gasteiger partial charge in [0.15, 0.2) is 5.69 Å². The molecule has 0 aliphatic carbocycles. The molecule has 2 N–H and O–H groups in total. The van der Waals surface area contributed by atoms with Crippen molar-refractivity contribution in [1.82, 2.24) is 20.3 Å². The monoisotopic (exact) mass is 366 g/mol. The molecule has 0 aliphatic rings. The first-order chi connectivity index (χ1) is 10.5. The Morgan fingerprint density at radius 3 is 2.82 bits per heavy atom. The summed E-state index contributed by atoms with van der Waals surface area (Å²) in [6, 6.07) is 7.44. The van der Waals surface area contributed by atoms with E-state index in [2.05, 4.69) is 31.6 Å². The minimum absolute atomic E-state index is 0.00390. The molecule has 0 bridgehead atoms. The zero-order chi connectivity index (χ0) is 16.1. The number of carbonyl (C=O) groups is 2. The molecule has 2 rings (SSSR count). The molecular weight excluding hydrogens is 352 g/mol. The van der Waals surface area contributed by atoms with Crippen LogP contribution in [0.15, 0.2) is 34.9 Å². The van der Waals surface area contributed by atoms with E-state index in [1.165, 1.54) is 10.9 Å². The number of hydrogen-bond donors (Lipinski definition) is 2. The number of carbonyl (C=O) groups excluding carboxylic acids is 1. The van der Waals surface area contributed by atoms with Crippen molar-refractivity contribution in [1.29, 1.82) is 0 Å². The van der Waals surface area contributed by atoms with Gasteiger partial charge in [-0.25, -0.2) is 4.68 Å². The summed E-state index contributed by atoms with van der Waals surface area (Å²) in [7, 11) is 0. The van der Waals surface area contributed by atoms with Crippen molar-refractivity contribution < 1.29 is 14.7 Å². The predicted octanol–water partition coefficient (Wildman–Crippen LogP) is 1.87. The van der Waals surface area contributed by atoms with Crippen LogP contribution >= 0.6 is 15.9 Å². The average molecular weight is 367 g/mol. The molecule has 0 fully saturated rings. The normalized spacial score (nSPS) is 11.9. The fourth-order valence-corrected chi connectivity index (χ4v) is 2.32. The minimum atomic E-state index is -0.887. The largest absolute Gasteiger partial charge is 0.481 e. The smallest absolute Gasteiger partial charge is 0.303 e. The van der Waals surface area contributed by atoms with E-state index in [0.717, 1.165) is 10.2 Å². The van der Waals surface area contributed by atoms with E-state index in [-0.39, 0.29) is 30.5 Å². The van der Waals surface area contributed by atoms with Gasteiger partial charge in [0.25, 0.3) is 5.91 Å². The Morgan fingerprint density at radius 2 is 2.14 bits per heavy atom. The summed E-state index contributed by atoms with van der Waals surface area (Å²) in [5, 5.41) is 19.1. The van der Waals surface area contributed by atoms with E-state index in [1.807, 2.05) is 24.3 Å². The second kappa shape index (κ2) is 7.17. The molecule has 22 heavy (non-hydrogen) atoms. The molecule has 0 radical (unpaired) electrons. The number of para-hydroxylation sites is 1. The zero-order valence-corrected chi connectivity index (χ0v) is 13.4. The Bertz CT molecular complexity index is 686. The number of aromatic nitrogens is 3. The van der Waals surface area contributed by atoms with E-state index in [1.54, 1.807) is 6.92 Å². The van der Waals surface area contributed by atoms with Gasteiger partial charge in [-0.05, 0) is 34.0 Å². The first-order valence-corrected chi connectivity index (χ1v) is 7.44. The van der Waals surface area contributed by atoms with Crippen LogP contribution in [-0.4, -0.2) is 38.5 Å². The fraction of sp³-hybridized carbons (Fsp3) is 0.286. The second-order valence-electron chi connectivity index (χ2n) is 4.91. The highest BCUT2D eigenvalue weighted by atomic mass is 79.9. The highest BCUT2D eigenvalue weighted by Crippen LogP contribution is 2.19. The van der Waals surface area contributed by atoms with Crippen LogP contribution in [0.1, 0.15) is 23.8 Å². The van der Waals surface area contributed by atoms with E-state index >= 15 is 0 Å². The number of carboxylic acid groups (broad SMARTS) is 1. The maximum Gasteiger partial charge on any atom is 0.303 e. The maximum absolute atomic E-state index is 12.0. The molecule has 1 atom stereocenters. The first-order valence-electron chi connectivity index (χ1n) is 6.64. The lowest BCUT2D eigenvalue weighted by atomic mass is 10.1. The highest BCUT2D eigenvalue weighted by Gasteiger charge is 2.14. The van der Waals surface area contributed by atoms with Gasteiger partial charge in [0.05, 0.1) is 11.9 Å². The third kappa shape index (κ3) is 4.14. The Kier molecular flexibility index (Phi) is 5.26. The molecule has 0 saturated heterocycles. The van der Waals surface area contributed by atoms with Gasteiger partial charge in [0, 0.05) is 17.4 Å². The van der Waals surface area contributed by atoms with Crippen molar-refractivity contribution in [2.75, 3.05) is 6.54 Å². The van der Waals surface area contributed by atoms with E-state index in [9.17, 15) is 9.59 Å². The fourth-order valence-electron chi connectivity index (χ4n) is 1.85. The molecule has 0 unspecified atom stereocenters. The van der Waals surface area contributed by atoms with Gasteiger partial charge in [0.2, 0.25) is 0 Å². The van der Waals surface area contributed by atoms with Crippen LogP contribution in [0.3, 0.4) is 0 Å². The van der Waals surface area contributed by atoms with Crippen molar-refractivity contribution in [2.45, 2.75) is 13.3 Å². The lowest BCUT2D eigenvalue weighted by molar-refractivity contribution is -0.137. The Balaban J connectivity index is 2.01. The van der Waals surface area contributed by atoms with Gasteiger partial charge in [0.1, 0.15) is 0 Å². The predicted molar refractivity (Wildman–Crippen MR) is 82.8 cm³/mol. The van der Waals surface area contributed by atoms with Crippen molar-refractivity contribution in [3.05, 3.63) is 40.6 Å². The van der Waals surface area contributed by atoms with Gasteiger partial charge in [-0.2, -0.15) is 0 Å². The standard InChI is InChI=1S/C14H15BrN4O3/c1-9(6-13(20)21)7-16-14(22)11-8-19(18-17-11)12-5-3-2-4-10(12)15/h2-5,8-9H,6-7H2,1H3,(H,16,22)(H,20,21)/t9-/m0/s1. The van der Waals surface area contributed by atoms with Gasteiger partial charge in [-0.15, -0.1) is 5.10 Å². The summed E-state index contributed by atoms with van der Waals surface area (Å²) >= 11 is 3.41. The topological polar surface area (TPSA) is 97.1 Å². The molecular formula is C14H15BrN4O3. The van der Waals surface area contributed by atoms with Gasteiger partial charge in [-0.1, -0.05) is 24.3 Å². The molecule has 1 aromatic heterocycles. The van der Waals surface area contributed by atoms with Gasteiger partial charge >= 0.3 is 5.97 Å². The van der Waals surface area contributed by atoms with Gasteiger partial charge in [-0.3, -0.25) is 9.59 Å². The molecule has 2 aromatic rings. The number of nitrogens with one attached hydrogen (secondary N) is 1. The number of halogens is 1. The first kappa shape index (κ1) is 16.2. The van der Waals surface area contributed by atoms with Crippen molar-refractivity contribution >= 4 is 27.8 Å². The minimum Gasteiger partial charge on any atom is -0.481 e. The van der Waals surface area contributed by atoms with Crippen LogP contribution in [0.25, 0.3) is 5.69 Å². The Morgan fingerprint density at radius 1 is 1.41 bits per heavy atom. The third-order valence-corrected chi connectivity index (χ3v) is 3.63. The third-order valence-electron chi connectivity index (χ3n) is 2.96. The van der Waals surface area contributed by atoms with Crippen LogP contribution in [0.4, 0.5) is 0 Å². The number of aliphatic carboxylic acids is 1. The molecule has 1 aromatic carbocycles. The molecule has 116 valence electrons. The lowest BCUT2D eigenvalue weighted by Gasteiger charge is -2.08. The highest BCUT2D eigenvalue weighted by molar-refractivity contribution is 9.10. The zero-order valence-electron chi connectivity index (χ0n) is 11.9. The Labute approximate surface area is 135 Å². The van der Waals surface area contributed by atoms with Crippen LogP contribution in [0.2, 0.25) is 0 Å². The quantitative estimate of drug-likeness (QED) is 0.813. The Hall–Kier alpha value is -2.22. The summed E-state index contributed by atoms with van der Waals surface area (Å²) in [5.74, 6) is -1.42. The number of nitrogens with zero attached hydrogens (tertiary/aromatic N) is 3. The molecule has 1 amide bonds. The summed E-state index contributed by atoms with van der Waals surface area (Å²) in [4.78, 5) is 22.6. The lowest BCUT2D eigenvalue weighted by Crippen LogP contribution is -2.29. The summed E-state index contributed by atoms with van der Waals surface area (Å²) in [5.41, 5.74) is 0.951. The molecule has 0 spiro atoms. The second-order valence-corrected chi connectivity index (χ2v) is 5.77. The van der Waals surface area contributed by atoms with E-state index in [0.29, 0.717) is 0 Å². The van der Waals surface area contributed by atoms with Crippen molar-refractivity contribution in [3.63, 3.8) is 0 Å². The molecule has 1 heterocycles. The maximum atomic E-state index is 12.0. The molecule has 0 saturated carbocycles. The van der Waals surface area contributed by atoms with E-state index < -0.39 is 5.97 Å². The number of amides is 1. The SMILES string of the molecule is C[C@H](CNC(=O)c1cn(-c2ccccc2Br)nn1)CC(=O)O. The molecule has 0 aliphatic heterocycles. The summed E-state index contributed by atoms with van der Waals surface area (Å²) in [6.07, 6.45) is 1.53. The van der Waals surface area contributed by atoms with Crippen LogP contribution < -0.4 is 5.32 Å². The van der Waals surface area contributed by atoms with Crippen LogP contribution in [0, 0.1) is 5.92 Å². The summed E-state index contributed by atoms with van der Waals surface area (Å²) in [6.45, 7) is 2.03. The number of carboxylic acids is 1. The van der Waals surface area contributed by atoms with E-state index in [4.69, 9.17) is 5.11 Å². The van der Waals surface area contributed by atoms with Crippen LogP contribution in [-0.2, 0) is 4.79 Å². The molecule has 7 nitrogen and oxygen atoms in total. The van der Waals surface area contributed by atoms with Crippen molar-refractivity contribution in [2.24, 2.45) is 5.92 Å². The summed E-state index contributed by atoms with van der Waals surface area (Å²) < 4.78 is 2.33. The van der Waals surface area contributed by atoms with Crippen LogP contribution in [0.5, 0.6) is 0 Å².